The summed E-state index contributed by atoms with van der Waals surface area (Å²) < 4.78 is 24.6. The molecule has 164 valence electrons. The summed E-state index contributed by atoms with van der Waals surface area (Å²) in [7, 11) is -3.34. The topological polar surface area (TPSA) is 80.2 Å². The molecule has 1 amide bonds. The maximum atomic E-state index is 13.6. The minimum atomic E-state index is -3.34. The fourth-order valence-electron chi connectivity index (χ4n) is 3.18. The number of fused-ring (bicyclic) bond motifs is 1. The van der Waals surface area contributed by atoms with Crippen molar-refractivity contribution in [2.45, 2.75) is 23.3 Å². The number of sulfone groups is 1. The second kappa shape index (κ2) is 9.40. The SMILES string of the molecule is CCSc1cccc(C(=O)N(Cc2cccnc2)c2nc3ccc(S(C)(=O)=O)cc3s2)c1. The first kappa shape index (κ1) is 22.4. The molecule has 0 spiro atoms. The van der Waals surface area contributed by atoms with Crippen molar-refractivity contribution in [2.24, 2.45) is 0 Å². The Bertz CT molecular complexity index is 1370. The summed E-state index contributed by atoms with van der Waals surface area (Å²) >= 11 is 2.97. The van der Waals surface area contributed by atoms with E-state index in [-0.39, 0.29) is 10.8 Å². The first-order valence-corrected chi connectivity index (χ1v) is 13.6. The van der Waals surface area contributed by atoms with E-state index >= 15 is 0 Å². The molecule has 32 heavy (non-hydrogen) atoms. The summed E-state index contributed by atoms with van der Waals surface area (Å²) in [5, 5.41) is 0.507. The van der Waals surface area contributed by atoms with Crippen LogP contribution in [0.2, 0.25) is 0 Å². The average molecular weight is 484 g/mol. The molecule has 2 aromatic heterocycles. The van der Waals surface area contributed by atoms with E-state index in [2.05, 4.69) is 16.9 Å². The Morgan fingerprint density at radius 3 is 2.69 bits per heavy atom. The molecule has 0 bridgehead atoms. The number of thiazole rings is 1. The smallest absolute Gasteiger partial charge is 0.260 e. The minimum Gasteiger partial charge on any atom is -0.279 e. The highest BCUT2D eigenvalue weighted by Gasteiger charge is 2.23. The first-order valence-electron chi connectivity index (χ1n) is 9.89. The fourth-order valence-corrected chi connectivity index (χ4v) is 5.62. The van der Waals surface area contributed by atoms with E-state index in [1.807, 2.05) is 30.3 Å². The number of carbonyl (C=O) groups excluding carboxylic acids is 1. The lowest BCUT2D eigenvalue weighted by Crippen LogP contribution is -2.30. The molecule has 0 saturated heterocycles. The third-order valence-corrected chi connectivity index (χ3v) is 7.74. The number of hydrogen-bond acceptors (Lipinski definition) is 7. The van der Waals surface area contributed by atoms with Gasteiger partial charge >= 0.3 is 0 Å². The van der Waals surface area contributed by atoms with E-state index in [0.717, 1.165) is 16.2 Å². The Balaban J connectivity index is 1.77. The Morgan fingerprint density at radius 2 is 1.97 bits per heavy atom. The zero-order chi connectivity index (χ0) is 22.7. The highest BCUT2D eigenvalue weighted by atomic mass is 32.2. The van der Waals surface area contributed by atoms with Crippen LogP contribution in [0, 0.1) is 0 Å². The number of amides is 1. The van der Waals surface area contributed by atoms with Crippen LogP contribution >= 0.6 is 23.1 Å². The van der Waals surface area contributed by atoms with Gasteiger partial charge in [-0.3, -0.25) is 14.7 Å². The molecule has 0 aliphatic heterocycles. The molecule has 0 unspecified atom stereocenters. The normalized spacial score (nSPS) is 11.6. The predicted molar refractivity (Wildman–Crippen MR) is 130 cm³/mol. The quantitative estimate of drug-likeness (QED) is 0.342. The maximum absolute atomic E-state index is 13.6. The van der Waals surface area contributed by atoms with Gasteiger partial charge < -0.3 is 0 Å². The number of hydrogen-bond donors (Lipinski definition) is 0. The Kier molecular flexibility index (Phi) is 6.59. The molecule has 0 aliphatic carbocycles. The maximum Gasteiger partial charge on any atom is 0.260 e. The number of pyridine rings is 1. The van der Waals surface area contributed by atoms with E-state index in [1.165, 1.54) is 17.6 Å². The van der Waals surface area contributed by atoms with Gasteiger partial charge in [0.2, 0.25) is 0 Å². The zero-order valence-corrected chi connectivity index (χ0v) is 20.0. The molecular formula is C23H21N3O3S3. The van der Waals surface area contributed by atoms with Crippen molar-refractivity contribution >= 4 is 54.2 Å². The largest absolute Gasteiger partial charge is 0.279 e. The molecule has 0 N–H and O–H groups in total. The van der Waals surface area contributed by atoms with E-state index in [4.69, 9.17) is 0 Å². The summed E-state index contributed by atoms with van der Waals surface area (Å²) in [4.78, 5) is 25.3. The van der Waals surface area contributed by atoms with Crippen molar-refractivity contribution in [1.82, 2.24) is 9.97 Å². The van der Waals surface area contributed by atoms with Crippen molar-refractivity contribution in [2.75, 3.05) is 16.9 Å². The van der Waals surface area contributed by atoms with E-state index in [0.29, 0.717) is 27.5 Å². The standard InChI is InChI=1S/C23H21N3O3S3/c1-3-30-18-8-4-7-17(12-18)22(27)26(15-16-6-5-11-24-14-16)23-25-20-10-9-19(32(2,28)29)13-21(20)31-23/h4-14H,3,15H2,1-2H3. The Labute approximate surface area is 195 Å². The van der Waals surface area contributed by atoms with Crippen LogP contribution in [0.5, 0.6) is 0 Å². The van der Waals surface area contributed by atoms with Crippen LogP contribution in [-0.4, -0.2) is 36.3 Å². The van der Waals surface area contributed by atoms with Crippen molar-refractivity contribution < 1.29 is 13.2 Å². The van der Waals surface area contributed by atoms with Gasteiger partial charge in [-0.05, 0) is 53.8 Å². The number of anilines is 1. The third-order valence-electron chi connectivity index (χ3n) is 4.71. The molecule has 0 aliphatic rings. The van der Waals surface area contributed by atoms with Crippen molar-refractivity contribution in [3.8, 4) is 0 Å². The van der Waals surface area contributed by atoms with Crippen molar-refractivity contribution in [3.05, 3.63) is 78.1 Å². The van der Waals surface area contributed by atoms with Gasteiger partial charge in [0, 0.05) is 29.1 Å². The molecule has 0 fully saturated rings. The molecule has 0 atom stereocenters. The summed E-state index contributed by atoms with van der Waals surface area (Å²) in [5.41, 5.74) is 2.09. The molecule has 2 heterocycles. The summed E-state index contributed by atoms with van der Waals surface area (Å²) in [6.07, 6.45) is 4.58. The van der Waals surface area contributed by atoms with Crippen LogP contribution < -0.4 is 4.90 Å². The van der Waals surface area contributed by atoms with E-state index in [9.17, 15) is 13.2 Å². The molecule has 4 aromatic rings. The summed E-state index contributed by atoms with van der Waals surface area (Å²) in [6.45, 7) is 2.37. The number of carbonyl (C=O) groups is 1. The van der Waals surface area contributed by atoms with Gasteiger partial charge in [-0.25, -0.2) is 13.4 Å². The van der Waals surface area contributed by atoms with Gasteiger partial charge in [-0.1, -0.05) is 30.4 Å². The van der Waals surface area contributed by atoms with Crippen molar-refractivity contribution in [3.63, 3.8) is 0 Å². The molecule has 0 radical (unpaired) electrons. The predicted octanol–water partition coefficient (Wildman–Crippen LogP) is 5.05. The number of rotatable bonds is 7. The van der Waals surface area contributed by atoms with Crippen LogP contribution in [-0.2, 0) is 16.4 Å². The number of benzene rings is 2. The van der Waals surface area contributed by atoms with Crippen LogP contribution in [0.3, 0.4) is 0 Å². The lowest BCUT2D eigenvalue weighted by molar-refractivity contribution is 0.0985. The Hall–Kier alpha value is -2.75. The third kappa shape index (κ3) is 5.01. The van der Waals surface area contributed by atoms with Crippen LogP contribution in [0.25, 0.3) is 10.2 Å². The summed E-state index contributed by atoms with van der Waals surface area (Å²) in [6, 6.07) is 16.1. The van der Waals surface area contributed by atoms with Gasteiger partial charge in [0.1, 0.15) is 0 Å². The monoisotopic (exact) mass is 483 g/mol. The lowest BCUT2D eigenvalue weighted by atomic mass is 10.2. The van der Waals surface area contributed by atoms with E-state index in [1.54, 1.807) is 53.3 Å². The molecule has 9 heteroatoms. The number of nitrogens with zero attached hydrogens (tertiary/aromatic N) is 3. The van der Waals surface area contributed by atoms with Gasteiger partial charge in [-0.2, -0.15) is 0 Å². The molecule has 0 saturated carbocycles. The highest BCUT2D eigenvalue weighted by molar-refractivity contribution is 7.99. The Morgan fingerprint density at radius 1 is 1.12 bits per heavy atom. The van der Waals surface area contributed by atoms with Crippen LogP contribution in [0.15, 0.2) is 76.8 Å². The fraction of sp³-hybridized carbons (Fsp3) is 0.174. The van der Waals surface area contributed by atoms with Crippen LogP contribution in [0.1, 0.15) is 22.8 Å². The molecule has 6 nitrogen and oxygen atoms in total. The van der Waals surface area contributed by atoms with Gasteiger partial charge in [-0.15, -0.1) is 11.8 Å². The van der Waals surface area contributed by atoms with E-state index < -0.39 is 9.84 Å². The second-order valence-corrected chi connectivity index (χ2v) is 11.5. The second-order valence-electron chi connectivity index (χ2n) is 7.11. The lowest BCUT2D eigenvalue weighted by Gasteiger charge is -2.20. The van der Waals surface area contributed by atoms with Gasteiger partial charge in [0.05, 0.1) is 21.7 Å². The van der Waals surface area contributed by atoms with Gasteiger partial charge in [0.25, 0.3) is 5.91 Å². The van der Waals surface area contributed by atoms with Gasteiger partial charge in [0.15, 0.2) is 15.0 Å². The number of aromatic nitrogens is 2. The van der Waals surface area contributed by atoms with Crippen molar-refractivity contribution in [1.29, 1.82) is 0 Å². The number of thioether (sulfide) groups is 1. The molecular weight excluding hydrogens is 462 g/mol. The average Bonchev–Trinajstić information content (AvgIpc) is 3.21. The molecule has 4 rings (SSSR count). The molecule has 2 aromatic carbocycles. The minimum absolute atomic E-state index is 0.171. The zero-order valence-electron chi connectivity index (χ0n) is 17.6. The highest BCUT2D eigenvalue weighted by Crippen LogP contribution is 2.32. The van der Waals surface area contributed by atoms with Crippen LogP contribution in [0.4, 0.5) is 5.13 Å². The summed E-state index contributed by atoms with van der Waals surface area (Å²) in [5.74, 6) is 0.743. The first-order chi connectivity index (χ1) is 15.3.